The lowest BCUT2D eigenvalue weighted by Gasteiger charge is -2.20. The first-order chi connectivity index (χ1) is 13.1. The second-order valence-electron chi connectivity index (χ2n) is 8.09. The molecule has 0 saturated heterocycles. The van der Waals surface area contributed by atoms with Gasteiger partial charge in [-0.3, -0.25) is 0 Å². The molecule has 0 fully saturated rings. The van der Waals surface area contributed by atoms with Crippen LogP contribution in [0.1, 0.15) is 103 Å². The number of nitrogens with one attached hydrogen (secondary N) is 1. The Labute approximate surface area is 169 Å². The summed E-state index contributed by atoms with van der Waals surface area (Å²) in [5.74, 6) is -0.161. The first-order valence-corrected chi connectivity index (χ1v) is 11.4. The molecule has 0 spiro atoms. The summed E-state index contributed by atoms with van der Waals surface area (Å²) in [5.41, 5.74) is 0. The molecule has 0 aromatic rings. The van der Waals surface area contributed by atoms with Crippen LogP contribution < -0.4 is 5.06 Å². The summed E-state index contributed by atoms with van der Waals surface area (Å²) in [6, 6.07) is 0. The van der Waals surface area contributed by atoms with Crippen LogP contribution in [0.2, 0.25) is 0 Å². The van der Waals surface area contributed by atoms with Crippen molar-refractivity contribution < 1.29 is 9.86 Å². The van der Waals surface area contributed by atoms with Gasteiger partial charge in [0, 0.05) is 13.0 Å². The highest BCUT2D eigenvalue weighted by molar-refractivity contribution is 5.66. The molecule has 1 amide bonds. The van der Waals surface area contributed by atoms with Crippen LogP contribution >= 0.6 is 0 Å². The van der Waals surface area contributed by atoms with Crippen LogP contribution in [0, 0.1) is 5.21 Å². The summed E-state index contributed by atoms with van der Waals surface area (Å²) in [4.78, 5) is 13.8. The number of hydrogen-bond donors (Lipinski definition) is 1. The lowest BCUT2D eigenvalue weighted by Crippen LogP contribution is -3.10. The lowest BCUT2D eigenvalue weighted by atomic mass is 10.1. The van der Waals surface area contributed by atoms with Gasteiger partial charge in [0.25, 0.3) is 0 Å². The SMILES string of the molecule is CCCCCCCC/C=C/CCCCCCCC(=O)[NH+]([O-])CCCN(C)C. The molecule has 0 radical (unpaired) electrons. The summed E-state index contributed by atoms with van der Waals surface area (Å²) in [5, 5.41) is 11.6. The maximum atomic E-state index is 11.8. The van der Waals surface area contributed by atoms with Gasteiger partial charge < -0.3 is 15.2 Å². The van der Waals surface area contributed by atoms with Gasteiger partial charge in [-0.2, -0.15) is 0 Å². The number of rotatable bonds is 19. The largest absolute Gasteiger partial charge is 0.627 e. The first-order valence-electron chi connectivity index (χ1n) is 11.4. The number of hydroxylamine groups is 2. The molecule has 27 heavy (non-hydrogen) atoms. The molecule has 1 unspecified atom stereocenters. The smallest absolute Gasteiger partial charge is 0.312 e. The predicted octanol–water partition coefficient (Wildman–Crippen LogP) is 4.88. The van der Waals surface area contributed by atoms with E-state index in [-0.39, 0.29) is 11.0 Å². The highest BCUT2D eigenvalue weighted by atomic mass is 16.5. The van der Waals surface area contributed by atoms with E-state index in [0.29, 0.717) is 13.0 Å². The molecule has 1 atom stereocenters. The lowest BCUT2D eigenvalue weighted by molar-refractivity contribution is -0.765. The number of hydrogen-bond acceptors (Lipinski definition) is 3. The highest BCUT2D eigenvalue weighted by Gasteiger charge is 2.10. The standard InChI is InChI=1S/C23H46N2O2/c1-4-5-6-7-8-9-10-11-12-13-14-15-16-17-18-20-23(26)25(27)22-19-21-24(2)3/h11-12,25H,4-10,13-22H2,1-3H3/b12-11+. The van der Waals surface area contributed by atoms with Gasteiger partial charge in [-0.05, 0) is 46.2 Å². The molecule has 0 bridgehead atoms. The second-order valence-corrected chi connectivity index (χ2v) is 8.09. The van der Waals surface area contributed by atoms with Gasteiger partial charge in [-0.25, -0.2) is 4.79 Å². The topological polar surface area (TPSA) is 47.8 Å². The van der Waals surface area contributed by atoms with E-state index in [1.807, 2.05) is 19.0 Å². The molecule has 0 rings (SSSR count). The summed E-state index contributed by atoms with van der Waals surface area (Å²) >= 11 is 0. The fourth-order valence-electron chi connectivity index (χ4n) is 3.19. The van der Waals surface area contributed by atoms with E-state index < -0.39 is 0 Å². The quantitative estimate of drug-likeness (QED) is 0.197. The van der Waals surface area contributed by atoms with Crippen molar-refractivity contribution in [3.05, 3.63) is 17.4 Å². The van der Waals surface area contributed by atoms with Crippen LogP contribution in [-0.2, 0) is 4.79 Å². The van der Waals surface area contributed by atoms with E-state index in [1.54, 1.807) is 0 Å². The van der Waals surface area contributed by atoms with Gasteiger partial charge >= 0.3 is 5.91 Å². The Hall–Kier alpha value is -0.710. The van der Waals surface area contributed by atoms with Crippen molar-refractivity contribution in [3.63, 3.8) is 0 Å². The zero-order chi connectivity index (χ0) is 20.2. The summed E-state index contributed by atoms with van der Waals surface area (Å²) < 4.78 is 0. The Balaban J connectivity index is 3.34. The Morgan fingerprint density at radius 1 is 0.815 bits per heavy atom. The average Bonchev–Trinajstić information content (AvgIpc) is 2.64. The fourth-order valence-corrected chi connectivity index (χ4v) is 3.19. The van der Waals surface area contributed by atoms with Crippen molar-refractivity contribution in [3.8, 4) is 0 Å². The molecule has 1 N–H and O–H groups in total. The molecular formula is C23H46N2O2. The normalized spacial score (nSPS) is 12.9. The number of carbonyl (C=O) groups excluding carboxylic acids is 1. The van der Waals surface area contributed by atoms with Gasteiger partial charge in [0.2, 0.25) is 0 Å². The van der Waals surface area contributed by atoms with Crippen LogP contribution in [0.25, 0.3) is 0 Å². The number of unbranched alkanes of at least 4 members (excludes halogenated alkanes) is 11. The fraction of sp³-hybridized carbons (Fsp3) is 0.870. The molecule has 0 aromatic heterocycles. The Kier molecular flexibility index (Phi) is 19.5. The Morgan fingerprint density at radius 3 is 1.89 bits per heavy atom. The van der Waals surface area contributed by atoms with Gasteiger partial charge in [0.15, 0.2) is 0 Å². The number of carbonyl (C=O) groups is 1. The van der Waals surface area contributed by atoms with E-state index >= 15 is 0 Å². The Morgan fingerprint density at radius 2 is 1.33 bits per heavy atom. The average molecular weight is 383 g/mol. The second kappa shape index (κ2) is 20.0. The number of quaternary nitrogens is 1. The third-order valence-electron chi connectivity index (χ3n) is 4.99. The summed E-state index contributed by atoms with van der Waals surface area (Å²) in [6.07, 6.45) is 22.1. The molecule has 0 saturated carbocycles. The van der Waals surface area contributed by atoms with Crippen LogP contribution in [-0.4, -0.2) is 38.0 Å². The van der Waals surface area contributed by atoms with Crippen molar-refractivity contribution in [2.45, 2.75) is 103 Å². The third kappa shape index (κ3) is 19.8. The maximum Gasteiger partial charge on any atom is 0.312 e. The molecule has 0 aromatic carbocycles. The van der Waals surface area contributed by atoms with Crippen LogP contribution in [0.5, 0.6) is 0 Å². The third-order valence-corrected chi connectivity index (χ3v) is 4.99. The summed E-state index contributed by atoms with van der Waals surface area (Å²) in [6.45, 7) is 3.53. The van der Waals surface area contributed by atoms with Crippen LogP contribution in [0.4, 0.5) is 0 Å². The number of amides is 1. The minimum atomic E-state index is -0.174. The Bertz CT molecular complexity index is 356. The summed E-state index contributed by atoms with van der Waals surface area (Å²) in [7, 11) is 3.97. The molecule has 0 heterocycles. The first kappa shape index (κ1) is 26.3. The van der Waals surface area contributed by atoms with Gasteiger partial charge in [0.1, 0.15) is 0 Å². The van der Waals surface area contributed by atoms with Gasteiger partial charge in [0.05, 0.1) is 13.0 Å². The maximum absolute atomic E-state index is 11.8. The molecule has 160 valence electrons. The molecular weight excluding hydrogens is 336 g/mol. The van der Waals surface area contributed by atoms with Crippen LogP contribution in [0.3, 0.4) is 0 Å². The number of nitrogens with zero attached hydrogens (tertiary/aromatic N) is 1. The van der Waals surface area contributed by atoms with E-state index in [9.17, 15) is 10.0 Å². The van der Waals surface area contributed by atoms with Gasteiger partial charge in [-0.1, -0.05) is 70.4 Å². The number of allylic oxidation sites excluding steroid dienone is 2. The molecule has 0 aliphatic carbocycles. The van der Waals surface area contributed by atoms with E-state index in [2.05, 4.69) is 19.1 Å². The van der Waals surface area contributed by atoms with E-state index in [1.165, 1.54) is 70.6 Å². The minimum absolute atomic E-state index is 0.161. The van der Waals surface area contributed by atoms with Crippen molar-refractivity contribution in [1.82, 2.24) is 4.90 Å². The minimum Gasteiger partial charge on any atom is -0.627 e. The molecule has 4 heteroatoms. The zero-order valence-electron chi connectivity index (χ0n) is 18.4. The van der Waals surface area contributed by atoms with Crippen molar-refractivity contribution in [2.75, 3.05) is 27.2 Å². The van der Waals surface area contributed by atoms with Crippen LogP contribution in [0.15, 0.2) is 12.2 Å². The molecule has 0 aliphatic rings. The molecule has 0 aliphatic heterocycles. The van der Waals surface area contributed by atoms with E-state index in [0.717, 1.165) is 25.8 Å². The van der Waals surface area contributed by atoms with Crippen molar-refractivity contribution in [1.29, 1.82) is 0 Å². The zero-order valence-corrected chi connectivity index (χ0v) is 18.4. The van der Waals surface area contributed by atoms with Gasteiger partial charge in [-0.15, -0.1) is 0 Å². The van der Waals surface area contributed by atoms with E-state index in [4.69, 9.17) is 0 Å². The molecule has 4 nitrogen and oxygen atoms in total. The monoisotopic (exact) mass is 382 g/mol. The van der Waals surface area contributed by atoms with Crippen molar-refractivity contribution >= 4 is 5.91 Å². The highest BCUT2D eigenvalue weighted by Crippen LogP contribution is 2.09. The predicted molar refractivity (Wildman–Crippen MR) is 117 cm³/mol. The van der Waals surface area contributed by atoms with Crippen molar-refractivity contribution in [2.24, 2.45) is 0 Å².